The molecule has 5 nitrogen and oxygen atoms in total. The van der Waals surface area contributed by atoms with Crippen LogP contribution in [0.4, 0.5) is 0 Å². The number of ether oxygens (including phenoxy) is 1. The minimum atomic E-state index is -0.860. The highest BCUT2D eigenvalue weighted by Crippen LogP contribution is 2.23. The molecule has 3 N–H and O–H groups in total. The number of carbonyl (C=O) groups is 1. The SMILES string of the molecule is Cc1ccc(OCC2(O)CCCN(CCC(N)=O)C2)cc1. The highest BCUT2D eigenvalue weighted by molar-refractivity contribution is 5.73. The van der Waals surface area contributed by atoms with Gasteiger partial charge in [-0.3, -0.25) is 9.69 Å². The number of nitrogens with zero attached hydrogens (tertiary/aromatic N) is 1. The predicted molar refractivity (Wildman–Crippen MR) is 81.1 cm³/mol. The fraction of sp³-hybridized carbons (Fsp3) is 0.562. The summed E-state index contributed by atoms with van der Waals surface area (Å²) < 4.78 is 5.71. The highest BCUT2D eigenvalue weighted by atomic mass is 16.5. The molecule has 1 fully saturated rings. The van der Waals surface area contributed by atoms with Gasteiger partial charge in [-0.25, -0.2) is 0 Å². The van der Waals surface area contributed by atoms with E-state index in [1.807, 2.05) is 31.2 Å². The van der Waals surface area contributed by atoms with Gasteiger partial charge in [0.2, 0.25) is 5.91 Å². The van der Waals surface area contributed by atoms with Gasteiger partial charge in [0.05, 0.1) is 0 Å². The molecule has 1 amide bonds. The molecule has 1 aliphatic heterocycles. The van der Waals surface area contributed by atoms with Gasteiger partial charge in [0, 0.05) is 19.5 Å². The number of aryl methyl sites for hydroxylation is 1. The Kier molecular flexibility index (Phi) is 5.20. The Bertz CT molecular complexity index is 475. The van der Waals surface area contributed by atoms with Crippen LogP contribution in [0.3, 0.4) is 0 Å². The smallest absolute Gasteiger partial charge is 0.218 e. The summed E-state index contributed by atoms with van der Waals surface area (Å²) >= 11 is 0. The maximum atomic E-state index is 10.8. The number of nitrogens with two attached hydrogens (primary N) is 1. The van der Waals surface area contributed by atoms with E-state index in [0.29, 0.717) is 25.9 Å². The van der Waals surface area contributed by atoms with Crippen LogP contribution in [-0.4, -0.2) is 47.8 Å². The van der Waals surface area contributed by atoms with Crippen LogP contribution in [0.2, 0.25) is 0 Å². The van der Waals surface area contributed by atoms with Crippen molar-refractivity contribution in [3.8, 4) is 5.75 Å². The van der Waals surface area contributed by atoms with E-state index in [0.717, 1.165) is 18.7 Å². The summed E-state index contributed by atoms with van der Waals surface area (Å²) in [5.41, 5.74) is 5.49. The van der Waals surface area contributed by atoms with Crippen molar-refractivity contribution in [2.75, 3.05) is 26.2 Å². The van der Waals surface area contributed by atoms with Crippen LogP contribution in [0.1, 0.15) is 24.8 Å². The molecule has 0 bridgehead atoms. The second kappa shape index (κ2) is 6.91. The Morgan fingerprint density at radius 3 is 2.81 bits per heavy atom. The Hall–Kier alpha value is -1.59. The molecule has 1 atom stereocenters. The molecule has 21 heavy (non-hydrogen) atoms. The van der Waals surface area contributed by atoms with Gasteiger partial charge in [0.1, 0.15) is 18.0 Å². The van der Waals surface area contributed by atoms with Gasteiger partial charge in [-0.1, -0.05) is 17.7 Å². The van der Waals surface area contributed by atoms with Crippen molar-refractivity contribution in [2.24, 2.45) is 5.73 Å². The number of piperidine rings is 1. The molecule has 1 unspecified atom stereocenters. The van der Waals surface area contributed by atoms with Crippen LogP contribution in [0, 0.1) is 6.92 Å². The van der Waals surface area contributed by atoms with Crippen molar-refractivity contribution in [3.63, 3.8) is 0 Å². The van der Waals surface area contributed by atoms with Crippen LogP contribution >= 0.6 is 0 Å². The van der Waals surface area contributed by atoms with Crippen molar-refractivity contribution in [2.45, 2.75) is 31.8 Å². The number of amides is 1. The Morgan fingerprint density at radius 2 is 2.14 bits per heavy atom. The van der Waals surface area contributed by atoms with E-state index >= 15 is 0 Å². The molecule has 1 aromatic rings. The van der Waals surface area contributed by atoms with E-state index in [1.165, 1.54) is 5.56 Å². The maximum Gasteiger partial charge on any atom is 0.218 e. The highest BCUT2D eigenvalue weighted by Gasteiger charge is 2.34. The fourth-order valence-electron chi connectivity index (χ4n) is 2.64. The number of hydrogen-bond donors (Lipinski definition) is 2. The third-order valence-corrected chi connectivity index (χ3v) is 3.84. The molecule has 1 heterocycles. The molecule has 116 valence electrons. The lowest BCUT2D eigenvalue weighted by Crippen LogP contribution is -2.52. The first kappa shape index (κ1) is 15.8. The number of carbonyl (C=O) groups excluding carboxylic acids is 1. The molecular weight excluding hydrogens is 268 g/mol. The molecule has 1 aliphatic rings. The molecule has 1 saturated heterocycles. The summed E-state index contributed by atoms with van der Waals surface area (Å²) in [4.78, 5) is 12.9. The largest absolute Gasteiger partial charge is 0.491 e. The van der Waals surface area contributed by atoms with E-state index in [9.17, 15) is 9.90 Å². The van der Waals surface area contributed by atoms with E-state index < -0.39 is 5.60 Å². The summed E-state index contributed by atoms with van der Waals surface area (Å²) in [6.45, 7) is 4.30. The topological polar surface area (TPSA) is 75.8 Å². The van der Waals surface area contributed by atoms with Gasteiger partial charge in [-0.05, 0) is 38.4 Å². The van der Waals surface area contributed by atoms with Gasteiger partial charge in [0.25, 0.3) is 0 Å². The number of rotatable bonds is 6. The Morgan fingerprint density at radius 1 is 1.43 bits per heavy atom. The van der Waals surface area contributed by atoms with Crippen LogP contribution in [0.25, 0.3) is 0 Å². The van der Waals surface area contributed by atoms with Crippen LogP contribution in [0.15, 0.2) is 24.3 Å². The molecule has 0 radical (unpaired) electrons. The standard InChI is InChI=1S/C16H24N2O3/c1-13-3-5-14(6-4-13)21-12-16(20)8-2-9-18(11-16)10-7-15(17)19/h3-6,20H,2,7-12H2,1H3,(H2,17,19). The summed E-state index contributed by atoms with van der Waals surface area (Å²) in [6, 6.07) is 7.79. The number of β-amino-alcohol motifs (C(OH)–C–C–N with tert-alkyl or cyclic N) is 1. The predicted octanol–water partition coefficient (Wildman–Crippen LogP) is 1.08. The molecule has 0 aromatic heterocycles. The van der Waals surface area contributed by atoms with Gasteiger partial charge in [0.15, 0.2) is 0 Å². The van der Waals surface area contributed by atoms with Crippen molar-refractivity contribution in [1.29, 1.82) is 0 Å². The first-order valence-electron chi connectivity index (χ1n) is 7.39. The molecule has 2 rings (SSSR count). The molecule has 0 spiro atoms. The first-order chi connectivity index (χ1) is 9.97. The Labute approximate surface area is 125 Å². The van der Waals surface area contributed by atoms with E-state index in [2.05, 4.69) is 4.90 Å². The third-order valence-electron chi connectivity index (χ3n) is 3.84. The number of benzene rings is 1. The zero-order chi connectivity index (χ0) is 15.3. The molecule has 5 heteroatoms. The van der Waals surface area contributed by atoms with E-state index in [4.69, 9.17) is 10.5 Å². The lowest BCUT2D eigenvalue weighted by Gasteiger charge is -2.38. The zero-order valence-corrected chi connectivity index (χ0v) is 12.5. The minimum Gasteiger partial charge on any atom is -0.491 e. The normalized spacial score (nSPS) is 23.0. The second-order valence-electron chi connectivity index (χ2n) is 5.92. The van der Waals surface area contributed by atoms with Crippen LogP contribution < -0.4 is 10.5 Å². The molecule has 1 aromatic carbocycles. The molecule has 0 saturated carbocycles. The number of aliphatic hydroxyl groups is 1. The van der Waals surface area contributed by atoms with E-state index in [1.54, 1.807) is 0 Å². The van der Waals surface area contributed by atoms with Crippen molar-refractivity contribution < 1.29 is 14.6 Å². The Balaban J connectivity index is 1.85. The van der Waals surface area contributed by atoms with E-state index in [-0.39, 0.29) is 12.5 Å². The molecule has 0 aliphatic carbocycles. The van der Waals surface area contributed by atoms with Crippen LogP contribution in [0.5, 0.6) is 5.75 Å². The average Bonchev–Trinajstić information content (AvgIpc) is 2.45. The minimum absolute atomic E-state index is 0.267. The number of hydrogen-bond acceptors (Lipinski definition) is 4. The summed E-state index contributed by atoms with van der Waals surface area (Å²) in [5.74, 6) is 0.461. The van der Waals surface area contributed by atoms with Crippen LogP contribution in [-0.2, 0) is 4.79 Å². The van der Waals surface area contributed by atoms with Gasteiger partial charge in [-0.2, -0.15) is 0 Å². The lowest BCUT2D eigenvalue weighted by molar-refractivity contribution is -0.119. The fourth-order valence-corrected chi connectivity index (χ4v) is 2.64. The molecular formula is C16H24N2O3. The van der Waals surface area contributed by atoms with Crippen molar-refractivity contribution >= 4 is 5.91 Å². The van der Waals surface area contributed by atoms with Gasteiger partial charge < -0.3 is 15.6 Å². The zero-order valence-electron chi connectivity index (χ0n) is 12.5. The number of likely N-dealkylation sites (tertiary alicyclic amines) is 1. The summed E-state index contributed by atoms with van der Waals surface area (Å²) in [7, 11) is 0. The van der Waals surface area contributed by atoms with Crippen molar-refractivity contribution in [3.05, 3.63) is 29.8 Å². The second-order valence-corrected chi connectivity index (χ2v) is 5.92. The lowest BCUT2D eigenvalue weighted by atomic mass is 9.93. The van der Waals surface area contributed by atoms with Crippen molar-refractivity contribution in [1.82, 2.24) is 4.90 Å². The quantitative estimate of drug-likeness (QED) is 0.822. The van der Waals surface area contributed by atoms with Gasteiger partial charge in [-0.15, -0.1) is 0 Å². The first-order valence-corrected chi connectivity index (χ1v) is 7.39. The number of primary amides is 1. The maximum absolute atomic E-state index is 10.8. The monoisotopic (exact) mass is 292 g/mol. The average molecular weight is 292 g/mol. The summed E-state index contributed by atoms with van der Waals surface area (Å²) in [6.07, 6.45) is 1.94. The summed E-state index contributed by atoms with van der Waals surface area (Å²) in [5, 5.41) is 10.6. The third kappa shape index (κ3) is 5.02. The van der Waals surface area contributed by atoms with Gasteiger partial charge >= 0.3 is 0 Å².